The predicted molar refractivity (Wildman–Crippen MR) is 134 cm³/mol. The number of hydrogen-bond donors (Lipinski definition) is 0. The molecule has 0 rings (SSSR count). The molecule has 0 aliphatic carbocycles. The van der Waals surface area contributed by atoms with Crippen molar-refractivity contribution in [2.75, 3.05) is 53.3 Å². The molecular weight excluding hydrogens is 524 g/mol. The molecule has 13 heteroatoms. The van der Waals surface area contributed by atoms with Gasteiger partial charge in [-0.2, -0.15) is 21.0 Å². The van der Waals surface area contributed by atoms with Crippen molar-refractivity contribution in [3.63, 3.8) is 0 Å². The van der Waals surface area contributed by atoms with E-state index in [0.717, 1.165) is 0 Å². The van der Waals surface area contributed by atoms with E-state index in [4.69, 9.17) is 96.2 Å². The first kappa shape index (κ1) is 36.6. The third-order valence-electron chi connectivity index (χ3n) is 0. The van der Waals surface area contributed by atoms with Gasteiger partial charge in [-0.05, 0) is 0 Å². The molecule has 0 spiro atoms. The maximum absolute atomic E-state index is 4.75. The van der Waals surface area contributed by atoms with Gasteiger partial charge < -0.3 is 49.0 Å². The first-order valence-corrected chi connectivity index (χ1v) is 23.9. The molecule has 0 atom stereocenters. The van der Waals surface area contributed by atoms with Gasteiger partial charge in [0, 0.05) is 0 Å². The van der Waals surface area contributed by atoms with Gasteiger partial charge in [0.15, 0.2) is 0 Å². The van der Waals surface area contributed by atoms with E-state index < -0.39 is 21.0 Å². The minimum absolute atomic E-state index is 0. The van der Waals surface area contributed by atoms with Crippen LogP contribution in [0.3, 0.4) is 0 Å². The Kier molecular flexibility index (Phi) is 29.4. The fraction of sp³-hybridized carbons (Fsp3) is 1.00. The van der Waals surface area contributed by atoms with Crippen LogP contribution in [0.5, 0.6) is 0 Å². The third kappa shape index (κ3) is 574. The van der Waals surface area contributed by atoms with Gasteiger partial charge >= 0.3 is 21.7 Å². The monoisotopic (exact) mass is 548 g/mol. The van der Waals surface area contributed by atoms with E-state index in [0.29, 0.717) is 0 Å². The molecule has 0 aromatic carbocycles. The molecule has 0 aliphatic rings. The summed E-state index contributed by atoms with van der Waals surface area (Å²) in [5.74, 6) is 0. The molecule has 0 amide bonds. The SMILES string of the molecule is CP(C)(=S)[S-].CP(C)(=S)[S-].CP(C)(=S)[S-].CP(C)(=S)[S-].[Ti+4]. The fourth-order valence-electron chi connectivity index (χ4n) is 0. The Labute approximate surface area is 189 Å². The molecule has 128 valence electrons. The predicted octanol–water partition coefficient (Wildman–Crippen LogP) is 4.75. The van der Waals surface area contributed by atoms with Crippen LogP contribution < -0.4 is 0 Å². The largest absolute Gasteiger partial charge is 4.00 e. The summed E-state index contributed by atoms with van der Waals surface area (Å²) >= 11 is 38.0. The van der Waals surface area contributed by atoms with Gasteiger partial charge in [-0.15, -0.1) is 47.2 Å². The van der Waals surface area contributed by atoms with Crippen molar-refractivity contribution in [3.05, 3.63) is 0 Å². The van der Waals surface area contributed by atoms with Crippen LogP contribution in [0.4, 0.5) is 0 Å². The van der Waals surface area contributed by atoms with Gasteiger partial charge in [-0.3, -0.25) is 0 Å². The van der Waals surface area contributed by atoms with Crippen molar-refractivity contribution >= 4 is 117 Å². The molecule has 0 bridgehead atoms. The van der Waals surface area contributed by atoms with Crippen LogP contribution in [0.15, 0.2) is 0 Å². The van der Waals surface area contributed by atoms with Crippen LogP contribution in [-0.4, -0.2) is 53.3 Å². The van der Waals surface area contributed by atoms with Crippen molar-refractivity contribution in [2.24, 2.45) is 0 Å². The molecule has 0 heterocycles. The zero-order valence-electron chi connectivity index (χ0n) is 13.6. The van der Waals surface area contributed by atoms with Crippen molar-refractivity contribution in [1.29, 1.82) is 0 Å². The van der Waals surface area contributed by atoms with Crippen LogP contribution in [0.25, 0.3) is 0 Å². The molecule has 0 aromatic heterocycles. The molecule has 0 aromatic rings. The van der Waals surface area contributed by atoms with E-state index in [2.05, 4.69) is 0 Å². The molecule has 0 unspecified atom stereocenters. The summed E-state index contributed by atoms with van der Waals surface area (Å²) in [4.78, 5) is 0. The maximum atomic E-state index is 4.75. The standard InChI is InChI=1S/4C2H7PS2.Ti/c4*1-3(2,4)5;/h4*1-2H3,(H,4,5);/q;;;;+4/p-4. The van der Waals surface area contributed by atoms with Crippen LogP contribution in [-0.2, 0) is 118 Å². The minimum atomic E-state index is -1.22. The normalized spacial score (nSPS) is 11.2. The summed E-state index contributed by atoms with van der Waals surface area (Å²) in [5.41, 5.74) is 0. The molecule has 0 nitrogen and oxygen atoms in total. The number of hydrogen-bond acceptors (Lipinski definition) is 8. The molecule has 21 heavy (non-hydrogen) atoms. The average molecular weight is 549 g/mol. The van der Waals surface area contributed by atoms with Crippen LogP contribution in [0.1, 0.15) is 0 Å². The molecule has 0 radical (unpaired) electrons. The van der Waals surface area contributed by atoms with Gasteiger partial charge in [0.25, 0.3) is 0 Å². The third-order valence-corrected chi connectivity index (χ3v) is 0. The average Bonchev–Trinajstić information content (AvgIpc) is 1.62. The summed E-state index contributed by atoms with van der Waals surface area (Å²) in [7, 11) is 0. The molecular formula is C8H24P4S8Ti. The van der Waals surface area contributed by atoms with Crippen molar-refractivity contribution in [2.45, 2.75) is 0 Å². The van der Waals surface area contributed by atoms with Gasteiger partial charge in [0.2, 0.25) is 0 Å². The van der Waals surface area contributed by atoms with Crippen LogP contribution in [0.2, 0.25) is 0 Å². The molecule has 0 N–H and O–H groups in total. The summed E-state index contributed by atoms with van der Waals surface area (Å²) in [6, 6.07) is 0. The molecule has 0 fully saturated rings. The van der Waals surface area contributed by atoms with Crippen LogP contribution >= 0.6 is 21.0 Å². The van der Waals surface area contributed by atoms with E-state index >= 15 is 0 Å². The first-order chi connectivity index (χ1) is 8.00. The Bertz CT molecular complexity index is 301. The van der Waals surface area contributed by atoms with Crippen molar-refractivity contribution in [3.8, 4) is 0 Å². The van der Waals surface area contributed by atoms with Gasteiger partial charge in [0.1, 0.15) is 0 Å². The van der Waals surface area contributed by atoms with Gasteiger partial charge in [-0.25, -0.2) is 0 Å². The van der Waals surface area contributed by atoms with E-state index in [1.54, 1.807) is 0 Å². The Hall–Kier alpha value is 4.71. The summed E-state index contributed by atoms with van der Waals surface area (Å²) in [5, 5.41) is -4.89. The summed E-state index contributed by atoms with van der Waals surface area (Å²) < 4.78 is 0. The van der Waals surface area contributed by atoms with E-state index in [-0.39, 0.29) is 21.7 Å². The summed E-state index contributed by atoms with van der Waals surface area (Å²) in [6.07, 6.45) is 0. The van der Waals surface area contributed by atoms with Gasteiger partial charge in [0.05, 0.1) is 0 Å². The summed E-state index contributed by atoms with van der Waals surface area (Å²) in [6.45, 7) is 15.4. The molecule has 0 saturated heterocycles. The van der Waals surface area contributed by atoms with Crippen LogP contribution in [0, 0.1) is 0 Å². The second-order valence-electron chi connectivity index (χ2n) is 5.01. The minimum Gasteiger partial charge on any atom is -0.747 e. The Morgan fingerprint density at radius 2 is 0.429 bits per heavy atom. The molecule has 0 saturated carbocycles. The van der Waals surface area contributed by atoms with E-state index in [1.807, 2.05) is 53.3 Å². The number of rotatable bonds is 0. The second-order valence-corrected chi connectivity index (χ2v) is 39.7. The zero-order valence-corrected chi connectivity index (χ0v) is 25.2. The van der Waals surface area contributed by atoms with Gasteiger partial charge in [-0.1, -0.05) is 53.3 Å². The van der Waals surface area contributed by atoms with Crippen molar-refractivity contribution < 1.29 is 21.7 Å². The quantitative estimate of drug-likeness (QED) is 0.239. The fourth-order valence-corrected chi connectivity index (χ4v) is 0. The smallest absolute Gasteiger partial charge is 0.747 e. The Morgan fingerprint density at radius 1 is 0.429 bits per heavy atom. The Morgan fingerprint density at radius 3 is 0.429 bits per heavy atom. The van der Waals surface area contributed by atoms with E-state index in [1.165, 1.54) is 0 Å². The maximum Gasteiger partial charge on any atom is 4.00 e. The van der Waals surface area contributed by atoms with E-state index in [9.17, 15) is 0 Å². The topological polar surface area (TPSA) is 0 Å². The zero-order chi connectivity index (χ0) is 18.0. The molecule has 0 aliphatic heterocycles. The second kappa shape index (κ2) is 16.9. The first-order valence-electron chi connectivity index (χ1n) is 5.04. The Balaban J connectivity index is -0.0000000533. The van der Waals surface area contributed by atoms with Crippen molar-refractivity contribution in [1.82, 2.24) is 0 Å².